The van der Waals surface area contributed by atoms with E-state index in [1.54, 1.807) is 13.8 Å². The van der Waals surface area contributed by atoms with Crippen molar-refractivity contribution < 1.29 is 9.59 Å². The summed E-state index contributed by atoms with van der Waals surface area (Å²) in [6.07, 6.45) is 0. The molecule has 0 saturated carbocycles. The van der Waals surface area contributed by atoms with Crippen molar-refractivity contribution >= 4 is 27.9 Å². The molecule has 1 aliphatic heterocycles. The third-order valence-electron chi connectivity index (χ3n) is 2.93. The van der Waals surface area contributed by atoms with Crippen molar-refractivity contribution in [1.29, 1.82) is 0 Å². The van der Waals surface area contributed by atoms with Gasteiger partial charge in [-0.15, -0.1) is 0 Å². The highest BCUT2D eigenvalue weighted by Gasteiger charge is 2.45. The molecule has 5 heteroatoms. The molecule has 0 spiro atoms. The summed E-state index contributed by atoms with van der Waals surface area (Å²) in [6.45, 7) is 3.90. The first-order chi connectivity index (χ1) is 7.91. The van der Waals surface area contributed by atoms with Crippen molar-refractivity contribution in [2.75, 3.05) is 0 Å². The number of carbonyl (C=O) groups excluding carboxylic acids is 2. The minimum Gasteiger partial charge on any atom is -0.306 e. The molecular weight excluding hydrogens is 284 g/mol. The van der Waals surface area contributed by atoms with Crippen molar-refractivity contribution in [3.63, 3.8) is 0 Å². The van der Waals surface area contributed by atoms with Crippen molar-refractivity contribution in [3.05, 3.63) is 34.3 Å². The molecule has 4 nitrogen and oxygen atoms in total. The van der Waals surface area contributed by atoms with Gasteiger partial charge in [-0.05, 0) is 31.5 Å². The molecule has 1 fully saturated rings. The Morgan fingerprint density at radius 2 is 2.06 bits per heavy atom. The molecule has 90 valence electrons. The zero-order valence-electron chi connectivity index (χ0n) is 9.66. The predicted octanol–water partition coefficient (Wildman–Crippen LogP) is 2.28. The van der Waals surface area contributed by atoms with Crippen LogP contribution < -0.4 is 5.32 Å². The SMILES string of the molecule is CC1(C)C(=O)NC(=O)N1Cc1cccc(Br)c1. The summed E-state index contributed by atoms with van der Waals surface area (Å²) in [5.41, 5.74) is 0.191. The van der Waals surface area contributed by atoms with Gasteiger partial charge in [0.25, 0.3) is 5.91 Å². The van der Waals surface area contributed by atoms with Crippen LogP contribution >= 0.6 is 15.9 Å². The Balaban J connectivity index is 2.24. The number of urea groups is 1. The maximum atomic E-state index is 11.7. The molecule has 0 unspecified atom stereocenters. The Morgan fingerprint density at radius 1 is 1.35 bits per heavy atom. The van der Waals surface area contributed by atoms with E-state index in [2.05, 4.69) is 21.2 Å². The number of hydrogen-bond acceptors (Lipinski definition) is 2. The van der Waals surface area contributed by atoms with Gasteiger partial charge in [0.05, 0.1) is 0 Å². The van der Waals surface area contributed by atoms with E-state index in [4.69, 9.17) is 0 Å². The summed E-state index contributed by atoms with van der Waals surface area (Å²) in [5.74, 6) is -0.252. The highest BCUT2D eigenvalue weighted by Crippen LogP contribution is 2.24. The van der Waals surface area contributed by atoms with Gasteiger partial charge < -0.3 is 4.90 Å². The number of imide groups is 1. The topological polar surface area (TPSA) is 49.4 Å². The van der Waals surface area contributed by atoms with Crippen LogP contribution in [-0.4, -0.2) is 22.4 Å². The molecular formula is C12H13BrN2O2. The van der Waals surface area contributed by atoms with Crippen LogP contribution in [0.3, 0.4) is 0 Å². The summed E-state index contributed by atoms with van der Waals surface area (Å²) in [7, 11) is 0. The number of nitrogens with one attached hydrogen (secondary N) is 1. The third kappa shape index (κ3) is 2.20. The number of nitrogens with zero attached hydrogens (tertiary/aromatic N) is 1. The average Bonchev–Trinajstić information content (AvgIpc) is 2.42. The number of hydrogen-bond donors (Lipinski definition) is 1. The summed E-state index contributed by atoms with van der Waals surface area (Å²) in [4.78, 5) is 24.8. The van der Waals surface area contributed by atoms with E-state index in [-0.39, 0.29) is 11.9 Å². The molecule has 1 aliphatic rings. The van der Waals surface area contributed by atoms with E-state index < -0.39 is 5.54 Å². The second-order valence-electron chi connectivity index (χ2n) is 4.53. The summed E-state index contributed by atoms with van der Waals surface area (Å²) in [6, 6.07) is 7.36. The highest BCUT2D eigenvalue weighted by atomic mass is 79.9. The normalized spacial score (nSPS) is 18.4. The lowest BCUT2D eigenvalue weighted by molar-refractivity contribution is -0.125. The monoisotopic (exact) mass is 296 g/mol. The van der Waals surface area contributed by atoms with E-state index in [9.17, 15) is 9.59 Å². The second-order valence-corrected chi connectivity index (χ2v) is 5.45. The molecule has 17 heavy (non-hydrogen) atoms. The Bertz CT molecular complexity index is 485. The molecule has 3 amide bonds. The lowest BCUT2D eigenvalue weighted by atomic mass is 10.0. The summed E-state index contributed by atoms with van der Waals surface area (Å²) >= 11 is 3.38. The molecule has 0 aliphatic carbocycles. The van der Waals surface area contributed by atoms with Crippen LogP contribution in [0.25, 0.3) is 0 Å². The van der Waals surface area contributed by atoms with Gasteiger partial charge in [-0.25, -0.2) is 4.79 Å². The van der Waals surface area contributed by atoms with Gasteiger partial charge in [0, 0.05) is 11.0 Å². The third-order valence-corrected chi connectivity index (χ3v) is 3.42. The van der Waals surface area contributed by atoms with Gasteiger partial charge >= 0.3 is 6.03 Å². The minimum absolute atomic E-state index is 0.252. The van der Waals surface area contributed by atoms with Crippen LogP contribution in [-0.2, 0) is 11.3 Å². The molecule has 2 rings (SSSR count). The van der Waals surface area contributed by atoms with Gasteiger partial charge in [0.1, 0.15) is 5.54 Å². The zero-order chi connectivity index (χ0) is 12.6. The van der Waals surface area contributed by atoms with E-state index in [0.717, 1.165) is 10.0 Å². The molecule has 1 N–H and O–H groups in total. The first-order valence-electron chi connectivity index (χ1n) is 5.29. The van der Waals surface area contributed by atoms with Crippen LogP contribution in [0.4, 0.5) is 4.79 Å². The number of halogens is 1. The number of rotatable bonds is 2. The van der Waals surface area contributed by atoms with Crippen molar-refractivity contribution in [2.24, 2.45) is 0 Å². The van der Waals surface area contributed by atoms with Gasteiger partial charge in [0.2, 0.25) is 0 Å². The Morgan fingerprint density at radius 3 is 2.59 bits per heavy atom. The smallest absolute Gasteiger partial charge is 0.306 e. The standard InChI is InChI=1S/C12H13BrN2O2/c1-12(2)10(16)14-11(17)15(12)7-8-4-3-5-9(13)6-8/h3-6H,7H2,1-2H3,(H,14,16,17). The molecule has 0 aromatic heterocycles. The molecule has 0 atom stereocenters. The molecule has 0 bridgehead atoms. The Hall–Kier alpha value is -1.36. The van der Waals surface area contributed by atoms with Crippen molar-refractivity contribution in [2.45, 2.75) is 25.9 Å². The lowest BCUT2D eigenvalue weighted by Crippen LogP contribution is -2.43. The van der Waals surface area contributed by atoms with Gasteiger partial charge in [0.15, 0.2) is 0 Å². The van der Waals surface area contributed by atoms with Gasteiger partial charge in [-0.1, -0.05) is 28.1 Å². The Labute approximate surface area is 108 Å². The second kappa shape index (κ2) is 4.14. The largest absolute Gasteiger partial charge is 0.325 e. The minimum atomic E-state index is -0.792. The van der Waals surface area contributed by atoms with E-state index >= 15 is 0 Å². The van der Waals surface area contributed by atoms with Crippen LogP contribution in [0.2, 0.25) is 0 Å². The zero-order valence-corrected chi connectivity index (χ0v) is 11.2. The fourth-order valence-corrected chi connectivity index (χ4v) is 2.23. The number of carbonyl (C=O) groups is 2. The maximum absolute atomic E-state index is 11.7. The van der Waals surface area contributed by atoms with Gasteiger partial charge in [-0.2, -0.15) is 0 Å². The van der Waals surface area contributed by atoms with Crippen molar-refractivity contribution in [1.82, 2.24) is 10.2 Å². The summed E-state index contributed by atoms with van der Waals surface area (Å²) in [5, 5.41) is 2.33. The predicted molar refractivity (Wildman–Crippen MR) is 67.3 cm³/mol. The van der Waals surface area contributed by atoms with Crippen molar-refractivity contribution in [3.8, 4) is 0 Å². The van der Waals surface area contributed by atoms with Crippen LogP contribution in [0.15, 0.2) is 28.7 Å². The van der Waals surface area contributed by atoms with E-state index in [0.29, 0.717) is 6.54 Å². The lowest BCUT2D eigenvalue weighted by Gasteiger charge is -2.27. The molecule has 1 aromatic rings. The van der Waals surface area contributed by atoms with Crippen LogP contribution in [0.1, 0.15) is 19.4 Å². The summed E-state index contributed by atoms with van der Waals surface area (Å²) < 4.78 is 0.957. The average molecular weight is 297 g/mol. The number of benzene rings is 1. The first-order valence-corrected chi connectivity index (χ1v) is 6.08. The fourth-order valence-electron chi connectivity index (χ4n) is 1.78. The number of amides is 3. The highest BCUT2D eigenvalue weighted by molar-refractivity contribution is 9.10. The van der Waals surface area contributed by atoms with Crippen LogP contribution in [0.5, 0.6) is 0 Å². The quantitative estimate of drug-likeness (QED) is 0.851. The molecule has 1 saturated heterocycles. The molecule has 1 heterocycles. The maximum Gasteiger partial charge on any atom is 0.325 e. The Kier molecular flexibility index (Phi) is 2.95. The van der Waals surface area contributed by atoms with Crippen LogP contribution in [0, 0.1) is 0 Å². The fraction of sp³-hybridized carbons (Fsp3) is 0.333. The first kappa shape index (κ1) is 12.1. The van der Waals surface area contributed by atoms with Gasteiger partial charge in [-0.3, -0.25) is 10.1 Å². The van der Waals surface area contributed by atoms with E-state index in [1.807, 2.05) is 24.3 Å². The van der Waals surface area contributed by atoms with E-state index in [1.165, 1.54) is 4.90 Å². The molecule has 1 aromatic carbocycles. The molecule has 0 radical (unpaired) electrons.